The highest BCUT2D eigenvalue weighted by Crippen LogP contribution is 2.40. The summed E-state index contributed by atoms with van der Waals surface area (Å²) in [6.45, 7) is -2.84. The second-order valence-electron chi connectivity index (χ2n) is 10.3. The molecule has 1 aliphatic carbocycles. The Balaban J connectivity index is 2.58. The van der Waals surface area contributed by atoms with Crippen LogP contribution in [0.3, 0.4) is 0 Å². The second kappa shape index (κ2) is 15.9. The van der Waals surface area contributed by atoms with Crippen molar-refractivity contribution in [3.05, 3.63) is 35.9 Å². The van der Waals surface area contributed by atoms with Crippen LogP contribution in [-0.2, 0) is 30.4 Å². The first-order valence-electron chi connectivity index (χ1n) is 13.2. The molecule has 0 bridgehead atoms. The zero-order chi connectivity index (χ0) is 29.7. The normalized spacial score (nSPS) is 15.7. The van der Waals surface area contributed by atoms with Crippen LogP contribution < -0.4 is 0 Å². The minimum Gasteiger partial charge on any atom is -0.480 e. The fourth-order valence-corrected chi connectivity index (χ4v) is 5.76. The SMILES string of the molecule is O=C(O)CN(CCN(CC(=O)O)CC(Cc1ccccc1)(C1CCCCC1)N(CC(=O)O)CC(=O)O)CC(=O)O. The number of carbonyl (C=O) groups is 5. The van der Waals surface area contributed by atoms with Gasteiger partial charge >= 0.3 is 29.8 Å². The van der Waals surface area contributed by atoms with Crippen LogP contribution in [0.2, 0.25) is 0 Å². The minimum atomic E-state index is -1.24. The summed E-state index contributed by atoms with van der Waals surface area (Å²) in [7, 11) is 0. The molecule has 0 amide bonds. The lowest BCUT2D eigenvalue weighted by Gasteiger charge is -2.51. The monoisotopic (exact) mass is 565 g/mol. The molecule has 0 saturated heterocycles. The van der Waals surface area contributed by atoms with E-state index in [1.165, 1.54) is 14.7 Å². The van der Waals surface area contributed by atoms with E-state index < -0.39 is 68.1 Å². The predicted molar refractivity (Wildman–Crippen MR) is 142 cm³/mol. The van der Waals surface area contributed by atoms with Gasteiger partial charge in [0.25, 0.3) is 0 Å². The first kappa shape index (κ1) is 32.7. The number of aliphatic carboxylic acids is 5. The van der Waals surface area contributed by atoms with Crippen LogP contribution >= 0.6 is 0 Å². The van der Waals surface area contributed by atoms with Crippen molar-refractivity contribution >= 4 is 29.8 Å². The standard InChI is InChI=1S/C27H39N3O10/c31-22(32)14-28(15-23(33)34)11-12-29(16-24(35)36)19-27(21-9-5-2-6-10-21,13-20-7-3-1-4-8-20)30(17-25(37)38)18-26(39)40/h1,3-4,7-8,21H,2,5-6,9-19H2,(H,31,32)(H,33,34)(H,35,36)(H,37,38)(H,39,40). The van der Waals surface area contributed by atoms with Crippen LogP contribution in [0.4, 0.5) is 0 Å². The first-order valence-corrected chi connectivity index (χ1v) is 13.2. The Bertz CT molecular complexity index is 983. The summed E-state index contributed by atoms with van der Waals surface area (Å²) in [5.74, 6) is -6.22. The van der Waals surface area contributed by atoms with Crippen molar-refractivity contribution in [1.29, 1.82) is 0 Å². The molecule has 0 aromatic heterocycles. The number of nitrogens with zero attached hydrogens (tertiary/aromatic N) is 3. The summed E-state index contributed by atoms with van der Waals surface area (Å²) in [6.07, 6.45) is 4.37. The largest absolute Gasteiger partial charge is 0.480 e. The molecule has 1 aromatic rings. The molecule has 2 rings (SSSR count). The lowest BCUT2D eigenvalue weighted by atomic mass is 9.70. The Labute approximate surface area is 232 Å². The van der Waals surface area contributed by atoms with Crippen LogP contribution in [0.5, 0.6) is 0 Å². The van der Waals surface area contributed by atoms with Crippen LogP contribution in [0.25, 0.3) is 0 Å². The number of benzene rings is 1. The summed E-state index contributed by atoms with van der Waals surface area (Å²) in [6, 6.07) is 9.20. The van der Waals surface area contributed by atoms with Crippen molar-refractivity contribution < 1.29 is 49.5 Å². The molecule has 0 spiro atoms. The van der Waals surface area contributed by atoms with E-state index in [0.717, 1.165) is 24.8 Å². The van der Waals surface area contributed by atoms with E-state index in [0.29, 0.717) is 12.8 Å². The van der Waals surface area contributed by atoms with Crippen molar-refractivity contribution in [2.75, 3.05) is 52.4 Å². The Morgan fingerprint density at radius 3 is 1.57 bits per heavy atom. The number of carboxylic acids is 5. The quantitative estimate of drug-likeness (QED) is 0.159. The third-order valence-corrected chi connectivity index (χ3v) is 7.31. The van der Waals surface area contributed by atoms with Gasteiger partial charge in [-0.15, -0.1) is 0 Å². The molecular weight excluding hydrogens is 526 g/mol. The van der Waals surface area contributed by atoms with E-state index in [1.54, 1.807) is 0 Å². The van der Waals surface area contributed by atoms with Gasteiger partial charge in [0.05, 0.1) is 32.7 Å². The molecule has 13 nitrogen and oxygen atoms in total. The molecule has 1 saturated carbocycles. The van der Waals surface area contributed by atoms with Gasteiger partial charge in [-0.1, -0.05) is 49.6 Å². The molecule has 1 unspecified atom stereocenters. The van der Waals surface area contributed by atoms with Crippen LogP contribution in [0, 0.1) is 5.92 Å². The van der Waals surface area contributed by atoms with Crippen molar-refractivity contribution in [2.45, 2.75) is 44.1 Å². The third kappa shape index (κ3) is 10.9. The van der Waals surface area contributed by atoms with Crippen molar-refractivity contribution in [1.82, 2.24) is 14.7 Å². The lowest BCUT2D eigenvalue weighted by molar-refractivity contribution is -0.149. The summed E-state index contributed by atoms with van der Waals surface area (Å²) >= 11 is 0. The van der Waals surface area contributed by atoms with Crippen LogP contribution in [-0.4, -0.2) is 128 Å². The minimum absolute atomic E-state index is 0.00654. The van der Waals surface area contributed by atoms with Gasteiger partial charge in [-0.05, 0) is 30.7 Å². The third-order valence-electron chi connectivity index (χ3n) is 7.31. The second-order valence-corrected chi connectivity index (χ2v) is 10.3. The fraction of sp³-hybridized carbons (Fsp3) is 0.593. The number of carboxylic acid groups (broad SMARTS) is 5. The van der Waals surface area contributed by atoms with Gasteiger partial charge in [0.15, 0.2) is 0 Å². The molecule has 222 valence electrons. The summed E-state index contributed by atoms with van der Waals surface area (Å²) in [5.41, 5.74) is -0.249. The number of hydrogen-bond acceptors (Lipinski definition) is 8. The van der Waals surface area contributed by atoms with Gasteiger partial charge < -0.3 is 25.5 Å². The van der Waals surface area contributed by atoms with Gasteiger partial charge in [0.2, 0.25) is 0 Å². The molecule has 0 radical (unpaired) electrons. The summed E-state index contributed by atoms with van der Waals surface area (Å²) in [4.78, 5) is 62.6. The van der Waals surface area contributed by atoms with Crippen LogP contribution in [0.1, 0.15) is 37.7 Å². The maximum Gasteiger partial charge on any atom is 0.317 e. The summed E-state index contributed by atoms with van der Waals surface area (Å²) < 4.78 is 0. The van der Waals surface area contributed by atoms with Gasteiger partial charge in [-0.3, -0.25) is 38.7 Å². The molecular formula is C27H39N3O10. The highest BCUT2D eigenvalue weighted by molar-refractivity contribution is 5.73. The average molecular weight is 566 g/mol. The van der Waals surface area contributed by atoms with E-state index in [-0.39, 0.29) is 32.0 Å². The van der Waals surface area contributed by atoms with Crippen LogP contribution in [0.15, 0.2) is 30.3 Å². The maximum absolute atomic E-state index is 12.0. The number of hydrogen-bond donors (Lipinski definition) is 5. The smallest absolute Gasteiger partial charge is 0.317 e. The van der Waals surface area contributed by atoms with Crippen molar-refractivity contribution in [2.24, 2.45) is 5.92 Å². The molecule has 40 heavy (non-hydrogen) atoms. The Hall–Kier alpha value is -3.55. The van der Waals surface area contributed by atoms with E-state index in [2.05, 4.69) is 0 Å². The van der Waals surface area contributed by atoms with E-state index in [4.69, 9.17) is 0 Å². The highest BCUT2D eigenvalue weighted by Gasteiger charge is 2.47. The van der Waals surface area contributed by atoms with Gasteiger partial charge in [0, 0.05) is 25.2 Å². The molecule has 5 N–H and O–H groups in total. The number of rotatable bonds is 19. The van der Waals surface area contributed by atoms with Gasteiger partial charge in [-0.25, -0.2) is 0 Å². The average Bonchev–Trinajstić information content (AvgIpc) is 2.86. The Kier molecular flexibility index (Phi) is 13.0. The Morgan fingerprint density at radius 1 is 0.650 bits per heavy atom. The predicted octanol–water partition coefficient (Wildman–Crippen LogP) is 0.877. The molecule has 1 aliphatic rings. The lowest BCUT2D eigenvalue weighted by Crippen LogP contribution is -2.64. The maximum atomic E-state index is 12.0. The first-order chi connectivity index (χ1) is 18.9. The molecule has 0 heterocycles. The molecule has 0 aliphatic heterocycles. The highest BCUT2D eigenvalue weighted by atomic mass is 16.4. The molecule has 1 atom stereocenters. The van der Waals surface area contributed by atoms with Crippen molar-refractivity contribution in [3.8, 4) is 0 Å². The van der Waals surface area contributed by atoms with E-state index in [9.17, 15) is 49.5 Å². The summed E-state index contributed by atoms with van der Waals surface area (Å²) in [5, 5.41) is 47.7. The zero-order valence-corrected chi connectivity index (χ0v) is 22.5. The molecule has 13 heteroatoms. The van der Waals surface area contributed by atoms with Gasteiger partial charge in [-0.2, -0.15) is 0 Å². The zero-order valence-electron chi connectivity index (χ0n) is 22.5. The van der Waals surface area contributed by atoms with E-state index >= 15 is 0 Å². The molecule has 1 aromatic carbocycles. The topological polar surface area (TPSA) is 196 Å². The fourth-order valence-electron chi connectivity index (χ4n) is 5.76. The van der Waals surface area contributed by atoms with E-state index in [1.807, 2.05) is 30.3 Å². The molecule has 1 fully saturated rings. The Morgan fingerprint density at radius 2 is 1.10 bits per heavy atom. The van der Waals surface area contributed by atoms with Gasteiger partial charge in [0.1, 0.15) is 0 Å². The van der Waals surface area contributed by atoms with Crippen molar-refractivity contribution in [3.63, 3.8) is 0 Å².